The topological polar surface area (TPSA) is 107 Å². The van der Waals surface area contributed by atoms with Gasteiger partial charge in [-0.05, 0) is 29.8 Å². The number of halogens is 1. The Kier molecular flexibility index (Phi) is 8.02. The zero-order chi connectivity index (χ0) is 22.9. The normalized spacial score (nSPS) is 10.4. The molecule has 3 rings (SSSR count). The van der Waals surface area contributed by atoms with Gasteiger partial charge in [-0.3, -0.25) is 4.79 Å². The molecule has 0 atom stereocenters. The van der Waals surface area contributed by atoms with Crippen molar-refractivity contribution in [3.63, 3.8) is 0 Å². The molecule has 2 N–H and O–H groups in total. The number of hydrogen-bond donors (Lipinski definition) is 2. The number of ether oxygens (including phenoxy) is 3. The van der Waals surface area contributed by atoms with E-state index in [0.717, 1.165) is 0 Å². The molecule has 0 aliphatic heterocycles. The van der Waals surface area contributed by atoms with E-state index in [1.807, 2.05) is 0 Å². The number of carboxylic acids is 1. The third-order valence-corrected chi connectivity index (χ3v) is 4.56. The van der Waals surface area contributed by atoms with Gasteiger partial charge in [0, 0.05) is 25.4 Å². The standard InChI is InChI=1S/C23H21ClN2O6/c1-30-10-11-31-20-8-7-16(13-18(20)24)32-22-9-6-15(14-25-22)12-21(27)26-19-5-3-2-4-17(19)23(28)29/h2-9,13-14H,10-12H2,1H3,(H,26,27)(H,28,29). The Morgan fingerprint density at radius 3 is 2.59 bits per heavy atom. The first-order valence-corrected chi connectivity index (χ1v) is 10.0. The van der Waals surface area contributed by atoms with Crippen molar-refractivity contribution in [1.82, 2.24) is 4.98 Å². The van der Waals surface area contributed by atoms with Crippen LogP contribution in [0.4, 0.5) is 5.69 Å². The van der Waals surface area contributed by atoms with Gasteiger partial charge in [-0.1, -0.05) is 29.8 Å². The number of methoxy groups -OCH3 is 1. The number of amides is 1. The molecule has 1 amide bonds. The summed E-state index contributed by atoms with van der Waals surface area (Å²) in [7, 11) is 1.59. The molecule has 1 heterocycles. The van der Waals surface area contributed by atoms with Gasteiger partial charge >= 0.3 is 5.97 Å². The van der Waals surface area contributed by atoms with Crippen LogP contribution in [0.15, 0.2) is 60.8 Å². The van der Waals surface area contributed by atoms with Crippen LogP contribution in [0.25, 0.3) is 0 Å². The fourth-order valence-corrected chi connectivity index (χ4v) is 2.98. The smallest absolute Gasteiger partial charge is 0.337 e. The fourth-order valence-electron chi connectivity index (χ4n) is 2.75. The van der Waals surface area contributed by atoms with Gasteiger partial charge in [-0.15, -0.1) is 0 Å². The summed E-state index contributed by atoms with van der Waals surface area (Å²) in [5.74, 6) is -0.134. The molecule has 2 aromatic carbocycles. The highest BCUT2D eigenvalue weighted by Crippen LogP contribution is 2.30. The highest BCUT2D eigenvalue weighted by molar-refractivity contribution is 6.32. The van der Waals surface area contributed by atoms with Crippen molar-refractivity contribution in [3.8, 4) is 17.4 Å². The molecule has 0 spiro atoms. The van der Waals surface area contributed by atoms with Gasteiger partial charge in [-0.25, -0.2) is 9.78 Å². The number of nitrogens with one attached hydrogen (secondary N) is 1. The van der Waals surface area contributed by atoms with Crippen LogP contribution in [0.2, 0.25) is 5.02 Å². The summed E-state index contributed by atoms with van der Waals surface area (Å²) in [5, 5.41) is 12.2. The van der Waals surface area contributed by atoms with Crippen LogP contribution >= 0.6 is 11.6 Å². The highest BCUT2D eigenvalue weighted by atomic mass is 35.5. The minimum atomic E-state index is -1.11. The number of hydrogen-bond acceptors (Lipinski definition) is 6. The quantitative estimate of drug-likeness (QED) is 0.434. The molecule has 0 saturated heterocycles. The predicted octanol–water partition coefficient (Wildman–Crippen LogP) is 4.43. The summed E-state index contributed by atoms with van der Waals surface area (Å²) in [4.78, 5) is 27.8. The Morgan fingerprint density at radius 1 is 1.09 bits per heavy atom. The lowest BCUT2D eigenvalue weighted by Gasteiger charge is -2.10. The third-order valence-electron chi connectivity index (χ3n) is 4.26. The lowest BCUT2D eigenvalue weighted by Crippen LogP contribution is -2.16. The van der Waals surface area contributed by atoms with Crippen molar-refractivity contribution in [2.75, 3.05) is 25.6 Å². The fraction of sp³-hybridized carbons (Fsp3) is 0.174. The van der Waals surface area contributed by atoms with Crippen LogP contribution in [0.3, 0.4) is 0 Å². The molecule has 0 aliphatic carbocycles. The van der Waals surface area contributed by atoms with Crippen molar-refractivity contribution in [2.24, 2.45) is 0 Å². The largest absolute Gasteiger partial charge is 0.490 e. The van der Waals surface area contributed by atoms with Gasteiger partial charge in [0.2, 0.25) is 11.8 Å². The second-order valence-electron chi connectivity index (χ2n) is 6.62. The third kappa shape index (κ3) is 6.44. The Bertz CT molecular complexity index is 1090. The number of nitrogens with zero attached hydrogens (tertiary/aromatic N) is 1. The molecule has 9 heteroatoms. The lowest BCUT2D eigenvalue weighted by molar-refractivity contribution is -0.115. The SMILES string of the molecule is COCCOc1ccc(Oc2ccc(CC(=O)Nc3ccccc3C(=O)O)cn2)cc1Cl. The predicted molar refractivity (Wildman–Crippen MR) is 119 cm³/mol. The average Bonchev–Trinajstić information content (AvgIpc) is 2.77. The van der Waals surface area contributed by atoms with Crippen molar-refractivity contribution in [1.29, 1.82) is 0 Å². The number of pyridine rings is 1. The van der Waals surface area contributed by atoms with Crippen LogP contribution < -0.4 is 14.8 Å². The Morgan fingerprint density at radius 2 is 1.91 bits per heavy atom. The van der Waals surface area contributed by atoms with E-state index < -0.39 is 5.97 Å². The number of para-hydroxylation sites is 1. The van der Waals surface area contributed by atoms with Gasteiger partial charge in [0.15, 0.2) is 0 Å². The number of benzene rings is 2. The van der Waals surface area contributed by atoms with E-state index in [2.05, 4.69) is 10.3 Å². The summed E-state index contributed by atoms with van der Waals surface area (Å²) < 4.78 is 16.1. The number of carboxylic acid groups (broad SMARTS) is 1. The zero-order valence-electron chi connectivity index (χ0n) is 17.2. The van der Waals surface area contributed by atoms with Crippen LogP contribution in [-0.2, 0) is 16.0 Å². The molecule has 8 nitrogen and oxygen atoms in total. The molecular formula is C23H21ClN2O6. The molecule has 0 radical (unpaired) electrons. The highest BCUT2D eigenvalue weighted by Gasteiger charge is 2.12. The number of aromatic nitrogens is 1. The van der Waals surface area contributed by atoms with Gasteiger partial charge < -0.3 is 24.6 Å². The molecule has 0 fully saturated rings. The van der Waals surface area contributed by atoms with Gasteiger partial charge in [0.05, 0.1) is 29.3 Å². The monoisotopic (exact) mass is 456 g/mol. The average molecular weight is 457 g/mol. The van der Waals surface area contributed by atoms with Gasteiger partial charge in [0.1, 0.15) is 18.1 Å². The van der Waals surface area contributed by atoms with Crippen LogP contribution in [0.1, 0.15) is 15.9 Å². The number of aromatic carboxylic acids is 1. The Hall–Kier alpha value is -3.62. The summed E-state index contributed by atoms with van der Waals surface area (Å²) in [5.41, 5.74) is 0.906. The minimum Gasteiger partial charge on any atom is -0.490 e. The molecule has 3 aromatic rings. The van der Waals surface area contributed by atoms with Gasteiger partial charge in [-0.2, -0.15) is 0 Å². The number of carbonyl (C=O) groups is 2. The van der Waals surface area contributed by atoms with E-state index in [4.69, 9.17) is 25.8 Å². The zero-order valence-corrected chi connectivity index (χ0v) is 18.0. The first-order valence-electron chi connectivity index (χ1n) is 9.62. The Labute approximate surface area is 189 Å². The van der Waals surface area contributed by atoms with E-state index in [-0.39, 0.29) is 23.6 Å². The van der Waals surface area contributed by atoms with Crippen molar-refractivity contribution >= 4 is 29.2 Å². The van der Waals surface area contributed by atoms with Crippen LogP contribution in [0.5, 0.6) is 17.4 Å². The molecule has 0 bridgehead atoms. The van der Waals surface area contributed by atoms with Crippen LogP contribution in [-0.4, -0.2) is 42.3 Å². The van der Waals surface area contributed by atoms with Gasteiger partial charge in [0.25, 0.3) is 0 Å². The summed E-state index contributed by atoms with van der Waals surface area (Å²) in [6.45, 7) is 0.837. The summed E-state index contributed by atoms with van der Waals surface area (Å²) in [6.07, 6.45) is 1.54. The van der Waals surface area contributed by atoms with E-state index in [0.29, 0.717) is 41.2 Å². The molecule has 166 valence electrons. The number of rotatable bonds is 10. The van der Waals surface area contributed by atoms with E-state index >= 15 is 0 Å². The summed E-state index contributed by atoms with van der Waals surface area (Å²) >= 11 is 6.21. The molecule has 1 aromatic heterocycles. The second kappa shape index (κ2) is 11.1. The molecule has 32 heavy (non-hydrogen) atoms. The molecule has 0 aliphatic rings. The Balaban J connectivity index is 1.58. The maximum atomic E-state index is 12.3. The van der Waals surface area contributed by atoms with Crippen molar-refractivity contribution in [2.45, 2.75) is 6.42 Å². The van der Waals surface area contributed by atoms with Crippen molar-refractivity contribution < 1.29 is 28.9 Å². The maximum absolute atomic E-state index is 12.3. The minimum absolute atomic E-state index is 0.0245. The van der Waals surface area contributed by atoms with Crippen molar-refractivity contribution in [3.05, 3.63) is 76.9 Å². The number of carbonyl (C=O) groups excluding carboxylic acids is 1. The second-order valence-corrected chi connectivity index (χ2v) is 7.02. The first kappa shape index (κ1) is 23.1. The van der Waals surface area contributed by atoms with E-state index in [1.54, 1.807) is 49.6 Å². The number of anilines is 1. The first-order chi connectivity index (χ1) is 15.5. The van der Waals surface area contributed by atoms with E-state index in [1.165, 1.54) is 18.3 Å². The summed E-state index contributed by atoms with van der Waals surface area (Å²) in [6, 6.07) is 14.6. The van der Waals surface area contributed by atoms with E-state index in [9.17, 15) is 14.7 Å². The maximum Gasteiger partial charge on any atom is 0.337 e. The molecule has 0 unspecified atom stereocenters. The molecular weight excluding hydrogens is 436 g/mol. The van der Waals surface area contributed by atoms with Crippen LogP contribution in [0, 0.1) is 0 Å². The lowest BCUT2D eigenvalue weighted by atomic mass is 10.1. The molecule has 0 saturated carbocycles.